The average Bonchev–Trinajstić information content (AvgIpc) is 2.45. The lowest BCUT2D eigenvalue weighted by molar-refractivity contribution is -0.137. The first-order chi connectivity index (χ1) is 9.29. The van der Waals surface area contributed by atoms with Crippen molar-refractivity contribution in [3.05, 3.63) is 54.1 Å². The van der Waals surface area contributed by atoms with Crippen molar-refractivity contribution in [2.45, 2.75) is 19.8 Å². The highest BCUT2D eigenvalue weighted by Gasteiger charge is 1.97. The van der Waals surface area contributed by atoms with Crippen LogP contribution in [0.4, 0.5) is 0 Å². The quantitative estimate of drug-likeness (QED) is 0.454. The lowest BCUT2D eigenvalue weighted by Gasteiger charge is -2.00. The SMILES string of the molecule is CCCCOC(=O)/C=C/c1ccc2ccccc2c1. The Morgan fingerprint density at radius 1 is 1.16 bits per heavy atom. The minimum Gasteiger partial charge on any atom is -0.463 e. The molecular weight excluding hydrogens is 236 g/mol. The molecule has 0 saturated carbocycles. The van der Waals surface area contributed by atoms with Gasteiger partial charge < -0.3 is 4.74 Å². The van der Waals surface area contributed by atoms with E-state index < -0.39 is 0 Å². The molecule has 2 nitrogen and oxygen atoms in total. The molecule has 0 bridgehead atoms. The van der Waals surface area contributed by atoms with E-state index in [2.05, 4.69) is 31.2 Å². The van der Waals surface area contributed by atoms with Crippen LogP contribution in [0.2, 0.25) is 0 Å². The summed E-state index contributed by atoms with van der Waals surface area (Å²) >= 11 is 0. The Balaban J connectivity index is 2.02. The Bertz CT molecular complexity index is 585. The van der Waals surface area contributed by atoms with Crippen molar-refractivity contribution in [3.63, 3.8) is 0 Å². The van der Waals surface area contributed by atoms with E-state index in [0.29, 0.717) is 6.61 Å². The summed E-state index contributed by atoms with van der Waals surface area (Å²) < 4.78 is 5.07. The molecule has 0 radical (unpaired) electrons. The van der Waals surface area contributed by atoms with E-state index in [-0.39, 0.29) is 5.97 Å². The number of esters is 1. The van der Waals surface area contributed by atoms with Crippen LogP contribution in [0.1, 0.15) is 25.3 Å². The van der Waals surface area contributed by atoms with Crippen LogP contribution in [0, 0.1) is 0 Å². The smallest absolute Gasteiger partial charge is 0.330 e. The number of hydrogen-bond donors (Lipinski definition) is 0. The van der Waals surface area contributed by atoms with E-state index in [9.17, 15) is 4.79 Å². The molecule has 0 fully saturated rings. The first kappa shape index (κ1) is 13.3. The Hall–Kier alpha value is -2.09. The van der Waals surface area contributed by atoms with Crippen LogP contribution >= 0.6 is 0 Å². The first-order valence-electron chi connectivity index (χ1n) is 6.63. The number of ether oxygens (including phenoxy) is 1. The van der Waals surface area contributed by atoms with Gasteiger partial charge in [-0.3, -0.25) is 0 Å². The number of fused-ring (bicyclic) bond motifs is 1. The van der Waals surface area contributed by atoms with Crippen LogP contribution in [0.15, 0.2) is 48.5 Å². The van der Waals surface area contributed by atoms with Crippen LogP contribution < -0.4 is 0 Å². The van der Waals surface area contributed by atoms with Gasteiger partial charge in [-0.25, -0.2) is 4.79 Å². The van der Waals surface area contributed by atoms with E-state index in [4.69, 9.17) is 4.74 Å². The molecule has 0 N–H and O–H groups in total. The monoisotopic (exact) mass is 254 g/mol. The van der Waals surface area contributed by atoms with Gasteiger partial charge in [0.05, 0.1) is 6.61 Å². The molecule has 2 aromatic rings. The van der Waals surface area contributed by atoms with Crippen molar-refractivity contribution in [2.24, 2.45) is 0 Å². The minimum absolute atomic E-state index is 0.276. The number of hydrogen-bond acceptors (Lipinski definition) is 2. The van der Waals surface area contributed by atoms with Crippen LogP contribution in [-0.4, -0.2) is 12.6 Å². The zero-order valence-corrected chi connectivity index (χ0v) is 11.1. The van der Waals surface area contributed by atoms with E-state index in [0.717, 1.165) is 18.4 Å². The van der Waals surface area contributed by atoms with Gasteiger partial charge in [0.25, 0.3) is 0 Å². The second kappa shape index (κ2) is 6.74. The Morgan fingerprint density at radius 3 is 2.74 bits per heavy atom. The second-order valence-electron chi connectivity index (χ2n) is 4.46. The highest BCUT2D eigenvalue weighted by atomic mass is 16.5. The summed E-state index contributed by atoms with van der Waals surface area (Å²) in [5.41, 5.74) is 1.01. The van der Waals surface area contributed by atoms with Crippen molar-refractivity contribution in [1.82, 2.24) is 0 Å². The van der Waals surface area contributed by atoms with Gasteiger partial charge >= 0.3 is 5.97 Å². The van der Waals surface area contributed by atoms with Crippen LogP contribution in [0.3, 0.4) is 0 Å². The zero-order valence-electron chi connectivity index (χ0n) is 11.1. The van der Waals surface area contributed by atoms with Gasteiger partial charge in [-0.15, -0.1) is 0 Å². The van der Waals surface area contributed by atoms with E-state index in [1.54, 1.807) is 6.08 Å². The number of benzene rings is 2. The third-order valence-corrected chi connectivity index (χ3v) is 2.93. The molecule has 0 aromatic heterocycles. The predicted molar refractivity (Wildman–Crippen MR) is 78.8 cm³/mol. The van der Waals surface area contributed by atoms with Crippen LogP contribution in [0.25, 0.3) is 16.8 Å². The van der Waals surface area contributed by atoms with Gasteiger partial charge in [0.2, 0.25) is 0 Å². The molecule has 0 aliphatic heterocycles. The fourth-order valence-electron chi connectivity index (χ4n) is 1.84. The first-order valence-corrected chi connectivity index (χ1v) is 6.63. The number of unbranched alkanes of at least 4 members (excludes halogenated alkanes) is 1. The van der Waals surface area contributed by atoms with Gasteiger partial charge in [0.15, 0.2) is 0 Å². The molecule has 0 heterocycles. The third-order valence-electron chi connectivity index (χ3n) is 2.93. The Morgan fingerprint density at radius 2 is 1.95 bits per heavy atom. The molecule has 0 aliphatic rings. The maximum Gasteiger partial charge on any atom is 0.330 e. The van der Waals surface area contributed by atoms with Crippen molar-refractivity contribution < 1.29 is 9.53 Å². The lowest BCUT2D eigenvalue weighted by atomic mass is 10.1. The summed E-state index contributed by atoms with van der Waals surface area (Å²) in [4.78, 5) is 11.4. The molecular formula is C17H18O2. The molecule has 2 heteroatoms. The standard InChI is InChI=1S/C17H18O2/c1-2-3-12-19-17(18)11-9-14-8-10-15-6-4-5-7-16(15)13-14/h4-11,13H,2-3,12H2,1H3/b11-9+. The molecule has 0 saturated heterocycles. The zero-order chi connectivity index (χ0) is 13.5. The molecule has 0 amide bonds. The van der Waals surface area contributed by atoms with Crippen molar-refractivity contribution in [1.29, 1.82) is 0 Å². The van der Waals surface area contributed by atoms with Crippen molar-refractivity contribution in [2.75, 3.05) is 6.61 Å². The summed E-state index contributed by atoms with van der Waals surface area (Å²) in [6.07, 6.45) is 5.22. The number of carbonyl (C=O) groups excluding carboxylic acids is 1. The van der Waals surface area contributed by atoms with Gasteiger partial charge in [-0.05, 0) is 34.9 Å². The Kier molecular flexibility index (Phi) is 4.73. The van der Waals surface area contributed by atoms with Gasteiger partial charge in [0, 0.05) is 6.08 Å². The number of carbonyl (C=O) groups is 1. The maximum atomic E-state index is 11.4. The Labute approximate surface area is 113 Å². The number of rotatable bonds is 5. The molecule has 0 unspecified atom stereocenters. The molecule has 0 spiro atoms. The van der Waals surface area contributed by atoms with Crippen LogP contribution in [0.5, 0.6) is 0 Å². The summed E-state index contributed by atoms with van der Waals surface area (Å²) in [6.45, 7) is 2.57. The lowest BCUT2D eigenvalue weighted by Crippen LogP contribution is -2.01. The summed E-state index contributed by atoms with van der Waals surface area (Å²) in [5.74, 6) is -0.276. The largest absolute Gasteiger partial charge is 0.463 e. The molecule has 0 atom stereocenters. The molecule has 0 aliphatic carbocycles. The highest BCUT2D eigenvalue weighted by molar-refractivity contribution is 5.89. The molecule has 19 heavy (non-hydrogen) atoms. The van der Waals surface area contributed by atoms with E-state index >= 15 is 0 Å². The normalized spacial score (nSPS) is 11.0. The maximum absolute atomic E-state index is 11.4. The molecule has 2 rings (SSSR count). The fraction of sp³-hybridized carbons (Fsp3) is 0.235. The summed E-state index contributed by atoms with van der Waals surface area (Å²) in [6, 6.07) is 14.3. The van der Waals surface area contributed by atoms with E-state index in [1.807, 2.05) is 18.2 Å². The fourth-order valence-corrected chi connectivity index (χ4v) is 1.84. The van der Waals surface area contributed by atoms with Crippen LogP contribution in [-0.2, 0) is 9.53 Å². The summed E-state index contributed by atoms with van der Waals surface area (Å²) in [7, 11) is 0. The van der Waals surface area contributed by atoms with Crippen molar-refractivity contribution in [3.8, 4) is 0 Å². The summed E-state index contributed by atoms with van der Waals surface area (Å²) in [5, 5.41) is 2.37. The van der Waals surface area contributed by atoms with E-state index in [1.165, 1.54) is 16.8 Å². The van der Waals surface area contributed by atoms with Gasteiger partial charge in [0.1, 0.15) is 0 Å². The van der Waals surface area contributed by atoms with Crippen molar-refractivity contribution >= 4 is 22.8 Å². The molecule has 98 valence electrons. The predicted octanol–water partition coefficient (Wildman–Crippen LogP) is 4.20. The topological polar surface area (TPSA) is 26.3 Å². The highest BCUT2D eigenvalue weighted by Crippen LogP contribution is 2.16. The van der Waals surface area contributed by atoms with Gasteiger partial charge in [-0.2, -0.15) is 0 Å². The van der Waals surface area contributed by atoms with Gasteiger partial charge in [-0.1, -0.05) is 49.7 Å². The average molecular weight is 254 g/mol. The second-order valence-corrected chi connectivity index (χ2v) is 4.46. The molecule has 2 aromatic carbocycles. The third kappa shape index (κ3) is 3.95. The minimum atomic E-state index is -0.276.